The minimum absolute atomic E-state index is 0.112. The molecule has 0 aliphatic carbocycles. The van der Waals surface area contributed by atoms with Crippen LogP contribution < -0.4 is 11.1 Å². The van der Waals surface area contributed by atoms with E-state index >= 15 is 0 Å². The average molecular weight is 591 g/mol. The third-order valence-electron chi connectivity index (χ3n) is 7.05. The van der Waals surface area contributed by atoms with Crippen LogP contribution >= 0.6 is 23.2 Å². The number of allylic oxidation sites excluding steroid dienone is 3. The van der Waals surface area contributed by atoms with Crippen molar-refractivity contribution in [3.05, 3.63) is 81.3 Å². The van der Waals surface area contributed by atoms with E-state index < -0.39 is 5.91 Å². The Morgan fingerprint density at radius 2 is 1.62 bits per heavy atom. The Hall–Kier alpha value is -2.60. The van der Waals surface area contributed by atoms with E-state index in [2.05, 4.69) is 45.9 Å². The molecule has 1 aromatic carbocycles. The molecule has 6 nitrogen and oxygen atoms in total. The Morgan fingerprint density at radius 3 is 2.20 bits per heavy atom. The Morgan fingerprint density at radius 1 is 1.02 bits per heavy atom. The molecular formula is C31H42Cl2FN5O. The molecule has 2 aliphatic rings. The number of hydrogen-bond acceptors (Lipinski definition) is 5. The molecule has 3 N–H and O–H groups in total. The summed E-state index contributed by atoms with van der Waals surface area (Å²) < 4.78 is 14.8. The van der Waals surface area contributed by atoms with E-state index in [0.717, 1.165) is 75.5 Å². The monoisotopic (exact) mass is 589 g/mol. The van der Waals surface area contributed by atoms with Crippen molar-refractivity contribution >= 4 is 29.1 Å². The molecule has 1 aromatic rings. The van der Waals surface area contributed by atoms with Crippen LogP contribution in [0.1, 0.15) is 32.3 Å². The predicted molar refractivity (Wildman–Crippen MR) is 165 cm³/mol. The fourth-order valence-electron chi connectivity index (χ4n) is 4.90. The number of rotatable bonds is 10. The number of halogens is 3. The number of carbonyl (C=O) groups is 1. The Kier molecular flexibility index (Phi) is 15.1. The number of piperazine rings is 1. The molecule has 218 valence electrons. The van der Waals surface area contributed by atoms with Gasteiger partial charge in [-0.3, -0.25) is 19.5 Å². The number of terminal acetylenes is 1. The van der Waals surface area contributed by atoms with Gasteiger partial charge in [0.05, 0.1) is 12.1 Å². The first-order valence-electron chi connectivity index (χ1n) is 13.6. The van der Waals surface area contributed by atoms with Gasteiger partial charge in [0.1, 0.15) is 5.83 Å². The van der Waals surface area contributed by atoms with Gasteiger partial charge in [-0.2, -0.15) is 0 Å². The quantitative estimate of drug-likeness (QED) is 0.226. The van der Waals surface area contributed by atoms with Gasteiger partial charge in [0.25, 0.3) is 5.91 Å². The van der Waals surface area contributed by atoms with Crippen molar-refractivity contribution in [1.29, 1.82) is 0 Å². The van der Waals surface area contributed by atoms with E-state index in [1.807, 2.05) is 25.1 Å². The van der Waals surface area contributed by atoms with E-state index in [1.54, 1.807) is 12.1 Å². The second kappa shape index (κ2) is 18.0. The summed E-state index contributed by atoms with van der Waals surface area (Å²) in [5.74, 6) is -0.780. The van der Waals surface area contributed by atoms with E-state index in [1.165, 1.54) is 11.6 Å². The summed E-state index contributed by atoms with van der Waals surface area (Å²) in [4.78, 5) is 19.6. The molecule has 2 heterocycles. The molecule has 40 heavy (non-hydrogen) atoms. The molecule has 9 heteroatoms. The maximum absolute atomic E-state index is 14.8. The lowest BCUT2D eigenvalue weighted by molar-refractivity contribution is -0.117. The fourth-order valence-corrected chi connectivity index (χ4v) is 5.08. The number of piperidine rings is 1. The zero-order valence-corrected chi connectivity index (χ0v) is 25.1. The molecule has 0 radical (unpaired) electrons. The van der Waals surface area contributed by atoms with Crippen LogP contribution in [0.3, 0.4) is 0 Å². The number of nitrogens with one attached hydrogen (secondary N) is 1. The number of likely N-dealkylation sites (tertiary alicyclic amines) is 1. The normalized spacial score (nSPS) is 19.2. The van der Waals surface area contributed by atoms with E-state index in [-0.39, 0.29) is 17.9 Å². The number of nitrogens with zero attached hydrogens (tertiary/aromatic N) is 3. The highest BCUT2D eigenvalue weighted by Crippen LogP contribution is 2.20. The van der Waals surface area contributed by atoms with Crippen LogP contribution in [-0.4, -0.2) is 79.0 Å². The Bertz CT molecular complexity index is 1080. The summed E-state index contributed by atoms with van der Waals surface area (Å²) in [6.07, 6.45) is 16.7. The minimum atomic E-state index is -0.412. The van der Waals surface area contributed by atoms with Crippen LogP contribution in [0, 0.1) is 12.8 Å². The van der Waals surface area contributed by atoms with E-state index in [0.29, 0.717) is 17.6 Å². The van der Waals surface area contributed by atoms with Crippen molar-refractivity contribution in [2.75, 3.05) is 52.4 Å². The van der Waals surface area contributed by atoms with Crippen LogP contribution in [0.15, 0.2) is 70.7 Å². The van der Waals surface area contributed by atoms with Crippen molar-refractivity contribution < 1.29 is 9.18 Å². The first kappa shape index (κ1) is 33.6. The highest BCUT2D eigenvalue weighted by atomic mass is 35.5. The van der Waals surface area contributed by atoms with Gasteiger partial charge >= 0.3 is 0 Å². The van der Waals surface area contributed by atoms with Gasteiger partial charge in [-0.25, -0.2) is 4.39 Å². The smallest absolute Gasteiger partial charge is 0.253 e. The van der Waals surface area contributed by atoms with Gasteiger partial charge in [-0.15, -0.1) is 12.8 Å². The molecule has 0 unspecified atom stereocenters. The summed E-state index contributed by atoms with van der Waals surface area (Å²) in [5, 5.41) is 4.19. The van der Waals surface area contributed by atoms with Gasteiger partial charge in [0, 0.05) is 61.6 Å². The molecule has 2 saturated heterocycles. The first-order valence-corrected chi connectivity index (χ1v) is 14.3. The largest absolute Gasteiger partial charge is 0.404 e. The third-order valence-corrected chi connectivity index (χ3v) is 7.42. The van der Waals surface area contributed by atoms with Crippen molar-refractivity contribution in [3.63, 3.8) is 0 Å². The van der Waals surface area contributed by atoms with Crippen LogP contribution in [0.25, 0.3) is 0 Å². The van der Waals surface area contributed by atoms with Crippen LogP contribution in [0.5, 0.6) is 0 Å². The average Bonchev–Trinajstić information content (AvgIpc) is 2.96. The second-order valence-electron chi connectivity index (χ2n) is 10.1. The van der Waals surface area contributed by atoms with Gasteiger partial charge in [0.2, 0.25) is 0 Å². The van der Waals surface area contributed by atoms with Gasteiger partial charge in [0.15, 0.2) is 0 Å². The lowest BCUT2D eigenvalue weighted by atomic mass is 10.0. The molecular weight excluding hydrogens is 548 g/mol. The molecule has 1 amide bonds. The minimum Gasteiger partial charge on any atom is -0.404 e. The lowest BCUT2D eigenvalue weighted by Crippen LogP contribution is -2.53. The highest BCUT2D eigenvalue weighted by molar-refractivity contribution is 6.30. The molecule has 2 aliphatic heterocycles. The zero-order valence-electron chi connectivity index (χ0n) is 23.6. The van der Waals surface area contributed by atoms with E-state index in [4.69, 9.17) is 28.9 Å². The standard InChI is InChI=1S/C29H40Cl2FN5O.C2H2/c1-22(3-4-23(2)30)20-35-11-9-28(10-12-35)37-15-13-36(14-16-37)21-27(32)17-25(18-33)29(38)34-19-24-5-7-26(31)8-6-24;1-2/h3-8,17-18,28H,9-16,19-21,33H2,1-2H3,(H,34,38);1-2H/b22-3+,23-4+,25-18+,27-17+;. The van der Waals surface area contributed by atoms with Gasteiger partial charge in [-0.1, -0.05) is 47.0 Å². The Labute approximate surface area is 249 Å². The summed E-state index contributed by atoms with van der Waals surface area (Å²) >= 11 is 11.8. The molecule has 0 spiro atoms. The fraction of sp³-hybridized carbons (Fsp3) is 0.452. The number of carbonyl (C=O) groups excluding carboxylic acids is 1. The third kappa shape index (κ3) is 11.9. The lowest BCUT2D eigenvalue weighted by Gasteiger charge is -2.42. The first-order chi connectivity index (χ1) is 19.2. The van der Waals surface area contributed by atoms with Crippen LogP contribution in [0.2, 0.25) is 5.02 Å². The van der Waals surface area contributed by atoms with Crippen molar-refractivity contribution in [1.82, 2.24) is 20.0 Å². The molecule has 3 rings (SSSR count). The summed E-state index contributed by atoms with van der Waals surface area (Å²) in [5.41, 5.74) is 7.95. The summed E-state index contributed by atoms with van der Waals surface area (Å²) in [6.45, 7) is 11.1. The summed E-state index contributed by atoms with van der Waals surface area (Å²) in [7, 11) is 0. The highest BCUT2D eigenvalue weighted by Gasteiger charge is 2.27. The number of benzene rings is 1. The zero-order chi connectivity index (χ0) is 29.5. The topological polar surface area (TPSA) is 64.8 Å². The number of hydrogen-bond donors (Lipinski definition) is 2. The number of nitrogens with two attached hydrogens (primary N) is 1. The molecule has 0 atom stereocenters. The van der Waals surface area contributed by atoms with Gasteiger partial charge in [-0.05, 0) is 69.6 Å². The predicted octanol–water partition coefficient (Wildman–Crippen LogP) is 5.07. The van der Waals surface area contributed by atoms with E-state index in [9.17, 15) is 9.18 Å². The van der Waals surface area contributed by atoms with Crippen molar-refractivity contribution in [2.45, 2.75) is 39.3 Å². The Balaban J connectivity index is 0.00000274. The second-order valence-corrected chi connectivity index (χ2v) is 11.1. The SMILES string of the molecule is C#C.C/C(Cl)=C\C=C(/C)CN1CCC(N2CCN(C/C(F)=C\C(=C/N)C(=O)NCc3ccc(Cl)cc3)CC2)CC1. The molecule has 0 aromatic heterocycles. The van der Waals surface area contributed by atoms with Crippen molar-refractivity contribution in [2.24, 2.45) is 5.73 Å². The maximum atomic E-state index is 14.8. The van der Waals surface area contributed by atoms with Crippen LogP contribution in [0.4, 0.5) is 4.39 Å². The molecule has 2 fully saturated rings. The summed E-state index contributed by atoms with van der Waals surface area (Å²) in [6, 6.07) is 7.76. The molecule has 0 saturated carbocycles. The maximum Gasteiger partial charge on any atom is 0.253 e. The number of amides is 1. The van der Waals surface area contributed by atoms with Crippen LogP contribution in [-0.2, 0) is 11.3 Å². The molecule has 0 bridgehead atoms. The van der Waals surface area contributed by atoms with Crippen molar-refractivity contribution in [3.8, 4) is 12.8 Å². The van der Waals surface area contributed by atoms with Gasteiger partial charge < -0.3 is 11.1 Å².